The van der Waals surface area contributed by atoms with E-state index in [9.17, 15) is 4.79 Å². The predicted molar refractivity (Wildman–Crippen MR) is 73.9 cm³/mol. The molecule has 1 N–H and O–H groups in total. The molecule has 0 aromatic carbocycles. The molecule has 0 bridgehead atoms. The molecule has 2 rings (SSSR count). The molecule has 2 unspecified atom stereocenters. The number of carboxylic acids is 1. The Morgan fingerprint density at radius 1 is 1.42 bits per heavy atom. The molecular weight excluding hydrogens is 242 g/mol. The van der Waals surface area contributed by atoms with Crippen LogP contribution in [0.2, 0.25) is 0 Å². The van der Waals surface area contributed by atoms with Gasteiger partial charge in [0, 0.05) is 36.6 Å². The third kappa shape index (κ3) is 3.30. The number of carbonyl (C=O) groups is 1. The second-order valence-corrected chi connectivity index (χ2v) is 5.04. The van der Waals surface area contributed by atoms with E-state index in [4.69, 9.17) is 5.11 Å². The molecule has 5 nitrogen and oxygen atoms in total. The summed E-state index contributed by atoms with van der Waals surface area (Å²) in [5, 5.41) is 8.56. The lowest BCUT2D eigenvalue weighted by Gasteiger charge is -2.37. The minimum atomic E-state index is -0.970. The first-order chi connectivity index (χ1) is 9.08. The van der Waals surface area contributed by atoms with Crippen LogP contribution in [0.15, 0.2) is 18.5 Å². The maximum Gasteiger partial charge on any atom is 0.328 e. The van der Waals surface area contributed by atoms with Crippen LogP contribution in [0.1, 0.15) is 32.3 Å². The molecule has 0 radical (unpaired) electrons. The Balaban J connectivity index is 2.11. The van der Waals surface area contributed by atoms with Gasteiger partial charge in [0.25, 0.3) is 0 Å². The summed E-state index contributed by atoms with van der Waals surface area (Å²) >= 11 is 0. The van der Waals surface area contributed by atoms with E-state index in [1.54, 1.807) is 12.4 Å². The second kappa shape index (κ2) is 5.82. The van der Waals surface area contributed by atoms with Crippen LogP contribution >= 0.6 is 0 Å². The number of aromatic nitrogens is 2. The zero-order valence-electron chi connectivity index (χ0n) is 11.3. The van der Waals surface area contributed by atoms with Gasteiger partial charge in [-0.3, -0.25) is 0 Å². The number of piperidine rings is 1. The molecule has 1 aromatic heterocycles. The van der Waals surface area contributed by atoms with E-state index < -0.39 is 5.97 Å². The van der Waals surface area contributed by atoms with Gasteiger partial charge in [0.05, 0.1) is 0 Å². The Bertz CT molecular complexity index is 470. The van der Waals surface area contributed by atoms with Gasteiger partial charge in [-0.15, -0.1) is 0 Å². The van der Waals surface area contributed by atoms with Crippen molar-refractivity contribution in [2.24, 2.45) is 5.92 Å². The summed E-state index contributed by atoms with van der Waals surface area (Å²) in [6, 6.07) is 0.439. The summed E-state index contributed by atoms with van der Waals surface area (Å²) < 4.78 is 0. The molecule has 1 aliphatic rings. The zero-order valence-corrected chi connectivity index (χ0v) is 11.3. The number of hydrogen-bond donors (Lipinski definition) is 1. The molecule has 102 valence electrons. The van der Waals surface area contributed by atoms with E-state index in [0.29, 0.717) is 17.5 Å². The number of nitrogens with zero attached hydrogens (tertiary/aromatic N) is 3. The summed E-state index contributed by atoms with van der Waals surface area (Å²) in [5.74, 6) is 0.401. The first kappa shape index (κ1) is 13.5. The minimum Gasteiger partial charge on any atom is -0.478 e. The topological polar surface area (TPSA) is 66.3 Å². The Hall–Kier alpha value is -1.91. The van der Waals surface area contributed by atoms with Crippen LogP contribution in [-0.2, 0) is 4.79 Å². The van der Waals surface area contributed by atoms with Crippen LogP contribution in [0.4, 0.5) is 5.95 Å². The fraction of sp³-hybridized carbons (Fsp3) is 0.500. The molecule has 5 heteroatoms. The van der Waals surface area contributed by atoms with E-state index in [1.807, 2.05) is 0 Å². The standard InChI is InChI=1S/C14H19N3O2/c1-10-4-3-7-17(11(10)2)14-15-8-12(9-16-14)5-6-13(18)19/h5-6,8-11H,3-4,7H2,1-2H3,(H,18,19)/b6-5+. The van der Waals surface area contributed by atoms with Crippen LogP contribution in [0.5, 0.6) is 0 Å². The summed E-state index contributed by atoms with van der Waals surface area (Å²) in [6.45, 7) is 5.43. The lowest BCUT2D eigenvalue weighted by atomic mass is 9.92. The summed E-state index contributed by atoms with van der Waals surface area (Å²) in [4.78, 5) is 21.3. The highest BCUT2D eigenvalue weighted by molar-refractivity contribution is 5.85. The summed E-state index contributed by atoms with van der Waals surface area (Å²) in [5.41, 5.74) is 0.698. The van der Waals surface area contributed by atoms with Crippen molar-refractivity contribution in [1.82, 2.24) is 9.97 Å². The van der Waals surface area contributed by atoms with Crippen LogP contribution in [0.25, 0.3) is 6.08 Å². The molecule has 1 saturated heterocycles. The fourth-order valence-electron chi connectivity index (χ4n) is 2.35. The number of hydrogen-bond acceptors (Lipinski definition) is 4. The van der Waals surface area contributed by atoms with Gasteiger partial charge < -0.3 is 10.0 Å². The van der Waals surface area contributed by atoms with Crippen molar-refractivity contribution in [3.63, 3.8) is 0 Å². The SMILES string of the molecule is CC1CCCN(c2ncc(/C=C/C(=O)O)cn2)C1C. The third-order valence-electron chi connectivity index (χ3n) is 3.71. The normalized spacial score (nSPS) is 23.8. The maximum atomic E-state index is 10.4. The first-order valence-corrected chi connectivity index (χ1v) is 6.57. The van der Waals surface area contributed by atoms with E-state index in [-0.39, 0.29) is 0 Å². The van der Waals surface area contributed by atoms with Crippen molar-refractivity contribution in [3.05, 3.63) is 24.0 Å². The lowest BCUT2D eigenvalue weighted by Crippen LogP contribution is -2.43. The van der Waals surface area contributed by atoms with E-state index >= 15 is 0 Å². The fourth-order valence-corrected chi connectivity index (χ4v) is 2.35. The molecular formula is C14H19N3O2. The van der Waals surface area contributed by atoms with Crippen molar-refractivity contribution < 1.29 is 9.90 Å². The van der Waals surface area contributed by atoms with Gasteiger partial charge >= 0.3 is 5.97 Å². The highest BCUT2D eigenvalue weighted by atomic mass is 16.4. The van der Waals surface area contributed by atoms with Crippen LogP contribution in [0, 0.1) is 5.92 Å². The smallest absolute Gasteiger partial charge is 0.328 e. The highest BCUT2D eigenvalue weighted by Gasteiger charge is 2.26. The molecule has 2 atom stereocenters. The van der Waals surface area contributed by atoms with Crippen molar-refractivity contribution in [1.29, 1.82) is 0 Å². The zero-order chi connectivity index (χ0) is 13.8. The number of anilines is 1. The van der Waals surface area contributed by atoms with Crippen LogP contribution < -0.4 is 4.90 Å². The Morgan fingerprint density at radius 2 is 2.11 bits per heavy atom. The Kier molecular flexibility index (Phi) is 4.14. The quantitative estimate of drug-likeness (QED) is 0.845. The van der Waals surface area contributed by atoms with Gasteiger partial charge in [-0.1, -0.05) is 6.92 Å². The first-order valence-electron chi connectivity index (χ1n) is 6.57. The van der Waals surface area contributed by atoms with Crippen molar-refractivity contribution >= 4 is 18.0 Å². The van der Waals surface area contributed by atoms with E-state index in [2.05, 4.69) is 28.7 Å². The molecule has 1 fully saturated rings. The third-order valence-corrected chi connectivity index (χ3v) is 3.71. The van der Waals surface area contributed by atoms with Gasteiger partial charge in [0.2, 0.25) is 5.95 Å². The molecule has 1 aliphatic heterocycles. The number of carboxylic acid groups (broad SMARTS) is 1. The molecule has 0 saturated carbocycles. The number of aliphatic carboxylic acids is 1. The summed E-state index contributed by atoms with van der Waals surface area (Å²) in [7, 11) is 0. The predicted octanol–water partition coefficient (Wildman–Crippen LogP) is 2.20. The lowest BCUT2D eigenvalue weighted by molar-refractivity contribution is -0.131. The molecule has 2 heterocycles. The van der Waals surface area contributed by atoms with Crippen molar-refractivity contribution in [3.8, 4) is 0 Å². The van der Waals surface area contributed by atoms with E-state index in [1.165, 1.54) is 12.5 Å². The van der Waals surface area contributed by atoms with Crippen molar-refractivity contribution in [2.75, 3.05) is 11.4 Å². The average molecular weight is 261 g/mol. The van der Waals surface area contributed by atoms with Gasteiger partial charge in [-0.25, -0.2) is 14.8 Å². The molecule has 19 heavy (non-hydrogen) atoms. The molecule has 0 amide bonds. The largest absolute Gasteiger partial charge is 0.478 e. The second-order valence-electron chi connectivity index (χ2n) is 5.04. The maximum absolute atomic E-state index is 10.4. The van der Waals surface area contributed by atoms with Crippen LogP contribution in [-0.4, -0.2) is 33.6 Å². The average Bonchev–Trinajstić information content (AvgIpc) is 2.40. The van der Waals surface area contributed by atoms with Crippen molar-refractivity contribution in [2.45, 2.75) is 32.7 Å². The van der Waals surface area contributed by atoms with Gasteiger partial charge in [0.1, 0.15) is 0 Å². The number of rotatable bonds is 3. The molecule has 0 spiro atoms. The van der Waals surface area contributed by atoms with Gasteiger partial charge in [-0.2, -0.15) is 0 Å². The Morgan fingerprint density at radius 3 is 2.74 bits per heavy atom. The van der Waals surface area contributed by atoms with E-state index in [0.717, 1.165) is 25.0 Å². The van der Waals surface area contributed by atoms with Crippen LogP contribution in [0.3, 0.4) is 0 Å². The highest BCUT2D eigenvalue weighted by Crippen LogP contribution is 2.25. The van der Waals surface area contributed by atoms with Gasteiger partial charge in [0.15, 0.2) is 0 Å². The molecule has 1 aromatic rings. The monoisotopic (exact) mass is 261 g/mol. The van der Waals surface area contributed by atoms with Gasteiger partial charge in [-0.05, 0) is 31.8 Å². The Labute approximate surface area is 113 Å². The summed E-state index contributed by atoms with van der Waals surface area (Å²) in [6.07, 6.45) is 8.31. The minimum absolute atomic E-state index is 0.439. The molecule has 0 aliphatic carbocycles.